The molecular weight excluding hydrogens is 214 g/mol. The zero-order chi connectivity index (χ0) is 12.3. The molecule has 3 nitrogen and oxygen atoms in total. The van der Waals surface area contributed by atoms with Gasteiger partial charge in [-0.25, -0.2) is 0 Å². The van der Waals surface area contributed by atoms with Gasteiger partial charge in [-0.1, -0.05) is 12.1 Å². The molecule has 1 saturated heterocycles. The highest BCUT2D eigenvalue weighted by atomic mass is 16.5. The molecule has 92 valence electrons. The van der Waals surface area contributed by atoms with E-state index in [4.69, 9.17) is 4.74 Å². The number of carbonyl (C=O) groups excluding carboxylic acids is 1. The minimum atomic E-state index is 0.295. The molecule has 1 unspecified atom stereocenters. The summed E-state index contributed by atoms with van der Waals surface area (Å²) in [6, 6.07) is 6.51. The molecule has 0 spiro atoms. The second-order valence-corrected chi connectivity index (χ2v) is 4.65. The average Bonchev–Trinajstić information content (AvgIpc) is 2.29. The van der Waals surface area contributed by atoms with Gasteiger partial charge >= 0.3 is 0 Å². The number of ether oxygens (including phenoxy) is 1. The molecule has 1 aromatic carbocycles. The standard InChI is InChI=1S/C14H19NO2/c1-10-7-11(3-4-14(10)17-2)8-12-9-13(16)5-6-15-12/h3-4,7,12,15H,5-6,8-9H2,1-2H3. The molecule has 1 aliphatic rings. The fourth-order valence-corrected chi connectivity index (χ4v) is 2.36. The van der Waals surface area contributed by atoms with Crippen LogP contribution in [-0.2, 0) is 11.2 Å². The zero-order valence-corrected chi connectivity index (χ0v) is 10.5. The van der Waals surface area contributed by atoms with Gasteiger partial charge in [0.25, 0.3) is 0 Å². The number of hydrogen-bond donors (Lipinski definition) is 1. The minimum Gasteiger partial charge on any atom is -0.496 e. The van der Waals surface area contributed by atoms with E-state index in [9.17, 15) is 4.79 Å². The molecule has 0 radical (unpaired) electrons. The van der Waals surface area contributed by atoms with Crippen molar-refractivity contribution in [3.63, 3.8) is 0 Å². The molecule has 0 saturated carbocycles. The van der Waals surface area contributed by atoms with Crippen LogP contribution in [0.3, 0.4) is 0 Å². The number of carbonyl (C=O) groups is 1. The predicted octanol–water partition coefficient (Wildman–Crippen LogP) is 1.87. The third-order valence-corrected chi connectivity index (χ3v) is 3.25. The van der Waals surface area contributed by atoms with Crippen LogP contribution >= 0.6 is 0 Å². The van der Waals surface area contributed by atoms with E-state index in [1.54, 1.807) is 7.11 Å². The first-order chi connectivity index (χ1) is 8.19. The summed E-state index contributed by atoms with van der Waals surface area (Å²) < 4.78 is 5.24. The topological polar surface area (TPSA) is 38.3 Å². The summed E-state index contributed by atoms with van der Waals surface area (Å²) in [5.41, 5.74) is 2.41. The van der Waals surface area contributed by atoms with E-state index >= 15 is 0 Å². The number of piperidine rings is 1. The Kier molecular flexibility index (Phi) is 3.79. The van der Waals surface area contributed by atoms with Crippen molar-refractivity contribution < 1.29 is 9.53 Å². The summed E-state index contributed by atoms with van der Waals surface area (Å²) >= 11 is 0. The van der Waals surface area contributed by atoms with E-state index < -0.39 is 0 Å². The number of aryl methyl sites for hydroxylation is 1. The van der Waals surface area contributed by atoms with Crippen LogP contribution in [0.1, 0.15) is 24.0 Å². The molecule has 1 heterocycles. The molecule has 17 heavy (non-hydrogen) atoms. The van der Waals surface area contributed by atoms with Crippen molar-refractivity contribution in [3.05, 3.63) is 29.3 Å². The van der Waals surface area contributed by atoms with Crippen molar-refractivity contribution in [1.29, 1.82) is 0 Å². The second kappa shape index (κ2) is 5.32. The Bertz CT molecular complexity index is 415. The first-order valence-electron chi connectivity index (χ1n) is 6.07. The number of rotatable bonds is 3. The number of hydrogen-bond acceptors (Lipinski definition) is 3. The van der Waals surface area contributed by atoms with Gasteiger partial charge in [0.05, 0.1) is 7.11 Å². The molecule has 1 aromatic rings. The molecule has 1 aliphatic heterocycles. The van der Waals surface area contributed by atoms with Gasteiger partial charge in [0.15, 0.2) is 0 Å². The highest BCUT2D eigenvalue weighted by Crippen LogP contribution is 2.20. The molecule has 1 atom stereocenters. The predicted molar refractivity (Wildman–Crippen MR) is 67.5 cm³/mol. The number of nitrogens with one attached hydrogen (secondary N) is 1. The van der Waals surface area contributed by atoms with Gasteiger partial charge in [-0.3, -0.25) is 4.79 Å². The lowest BCUT2D eigenvalue weighted by molar-refractivity contribution is -0.120. The first kappa shape index (κ1) is 12.1. The van der Waals surface area contributed by atoms with Crippen LogP contribution < -0.4 is 10.1 Å². The van der Waals surface area contributed by atoms with Crippen molar-refractivity contribution in [1.82, 2.24) is 5.32 Å². The fourth-order valence-electron chi connectivity index (χ4n) is 2.36. The molecule has 2 rings (SSSR count). The van der Waals surface area contributed by atoms with Crippen LogP contribution in [0, 0.1) is 6.92 Å². The highest BCUT2D eigenvalue weighted by Gasteiger charge is 2.18. The van der Waals surface area contributed by atoms with Crippen LogP contribution in [-0.4, -0.2) is 25.5 Å². The number of ketones is 1. The smallest absolute Gasteiger partial charge is 0.135 e. The highest BCUT2D eigenvalue weighted by molar-refractivity contribution is 5.80. The van der Waals surface area contributed by atoms with Crippen molar-refractivity contribution in [2.45, 2.75) is 32.2 Å². The van der Waals surface area contributed by atoms with Crippen molar-refractivity contribution in [2.75, 3.05) is 13.7 Å². The molecule has 0 aromatic heterocycles. The van der Waals surface area contributed by atoms with Gasteiger partial charge in [0, 0.05) is 25.4 Å². The maximum Gasteiger partial charge on any atom is 0.135 e. The van der Waals surface area contributed by atoms with E-state index in [1.807, 2.05) is 13.0 Å². The molecule has 1 fully saturated rings. The van der Waals surface area contributed by atoms with E-state index in [0.717, 1.165) is 24.3 Å². The zero-order valence-electron chi connectivity index (χ0n) is 10.5. The minimum absolute atomic E-state index is 0.295. The van der Waals surface area contributed by atoms with Crippen LogP contribution in [0.5, 0.6) is 5.75 Å². The Morgan fingerprint density at radius 1 is 1.47 bits per heavy atom. The Hall–Kier alpha value is -1.35. The Morgan fingerprint density at radius 3 is 2.94 bits per heavy atom. The Labute approximate surface area is 102 Å². The van der Waals surface area contributed by atoms with Crippen molar-refractivity contribution in [3.8, 4) is 5.75 Å². The van der Waals surface area contributed by atoms with Gasteiger partial charge in [-0.15, -0.1) is 0 Å². The molecular formula is C14H19NO2. The van der Waals surface area contributed by atoms with Crippen LogP contribution in [0.4, 0.5) is 0 Å². The molecule has 0 aliphatic carbocycles. The summed E-state index contributed by atoms with van der Waals surface area (Å²) in [5, 5.41) is 3.39. The molecule has 3 heteroatoms. The maximum atomic E-state index is 11.4. The van der Waals surface area contributed by atoms with E-state index in [-0.39, 0.29) is 0 Å². The van der Waals surface area contributed by atoms with Gasteiger partial charge in [-0.05, 0) is 30.5 Å². The van der Waals surface area contributed by atoms with Crippen LogP contribution in [0.2, 0.25) is 0 Å². The normalized spacial score (nSPS) is 20.4. The number of methoxy groups -OCH3 is 1. The van der Waals surface area contributed by atoms with Gasteiger partial charge in [-0.2, -0.15) is 0 Å². The van der Waals surface area contributed by atoms with E-state index in [1.165, 1.54) is 5.56 Å². The summed E-state index contributed by atoms with van der Waals surface area (Å²) in [6.07, 6.45) is 2.25. The number of benzene rings is 1. The lowest BCUT2D eigenvalue weighted by Gasteiger charge is -2.22. The average molecular weight is 233 g/mol. The Balaban J connectivity index is 2.03. The van der Waals surface area contributed by atoms with Crippen molar-refractivity contribution in [2.24, 2.45) is 0 Å². The monoisotopic (exact) mass is 233 g/mol. The molecule has 1 N–H and O–H groups in total. The van der Waals surface area contributed by atoms with Crippen LogP contribution in [0.15, 0.2) is 18.2 Å². The SMILES string of the molecule is COc1ccc(CC2CC(=O)CCN2)cc1C. The van der Waals surface area contributed by atoms with Gasteiger partial charge < -0.3 is 10.1 Å². The fraction of sp³-hybridized carbons (Fsp3) is 0.500. The maximum absolute atomic E-state index is 11.4. The summed E-state index contributed by atoms with van der Waals surface area (Å²) in [4.78, 5) is 11.4. The van der Waals surface area contributed by atoms with E-state index in [2.05, 4.69) is 17.4 Å². The summed E-state index contributed by atoms with van der Waals surface area (Å²) in [6.45, 7) is 2.86. The van der Waals surface area contributed by atoms with Crippen molar-refractivity contribution >= 4 is 5.78 Å². The molecule has 0 bridgehead atoms. The summed E-state index contributed by atoms with van der Waals surface area (Å²) in [7, 11) is 1.68. The first-order valence-corrected chi connectivity index (χ1v) is 6.07. The summed E-state index contributed by atoms with van der Waals surface area (Å²) in [5.74, 6) is 1.29. The molecule has 0 amide bonds. The third-order valence-electron chi connectivity index (χ3n) is 3.25. The lowest BCUT2D eigenvalue weighted by Crippen LogP contribution is -2.39. The lowest BCUT2D eigenvalue weighted by atomic mass is 9.96. The largest absolute Gasteiger partial charge is 0.496 e. The second-order valence-electron chi connectivity index (χ2n) is 4.65. The number of Topliss-reactive ketones (excluding diaryl/α,β-unsaturated/α-hetero) is 1. The van der Waals surface area contributed by atoms with Crippen LogP contribution in [0.25, 0.3) is 0 Å². The quantitative estimate of drug-likeness (QED) is 0.866. The van der Waals surface area contributed by atoms with Gasteiger partial charge in [0.1, 0.15) is 11.5 Å². The van der Waals surface area contributed by atoms with E-state index in [0.29, 0.717) is 24.7 Å². The third kappa shape index (κ3) is 3.07. The van der Waals surface area contributed by atoms with Gasteiger partial charge in [0.2, 0.25) is 0 Å². The Morgan fingerprint density at radius 2 is 2.29 bits per heavy atom.